The Morgan fingerprint density at radius 2 is 2.46 bits per heavy atom. The highest BCUT2D eigenvalue weighted by Gasteiger charge is 2.22. The summed E-state index contributed by atoms with van der Waals surface area (Å²) in [7, 11) is 0. The number of carbonyl (C=O) groups excluding carboxylic acids is 1. The van der Waals surface area contributed by atoms with Crippen molar-refractivity contribution in [2.24, 2.45) is 0 Å². The second kappa shape index (κ2) is 3.35. The molecule has 66 valence electrons. The first-order valence-electron chi connectivity index (χ1n) is 3.54. The van der Waals surface area contributed by atoms with E-state index in [4.69, 9.17) is 16.6 Å². The molecule has 13 heavy (non-hydrogen) atoms. The third-order valence-corrected chi connectivity index (χ3v) is 2.62. The third kappa shape index (κ3) is 1.81. The fourth-order valence-electron chi connectivity index (χ4n) is 0.924. The molecular formula is C8H5NO2S2. The quantitative estimate of drug-likeness (QED) is 0.568. The van der Waals surface area contributed by atoms with Gasteiger partial charge in [0.2, 0.25) is 0 Å². The Morgan fingerprint density at radius 1 is 1.62 bits per heavy atom. The van der Waals surface area contributed by atoms with Gasteiger partial charge in [0, 0.05) is 6.08 Å². The Bertz CT molecular complexity index is 381. The van der Waals surface area contributed by atoms with E-state index in [0.717, 1.165) is 0 Å². The molecule has 0 bridgehead atoms. The summed E-state index contributed by atoms with van der Waals surface area (Å²) in [6.07, 6.45) is 3.22. The Kier molecular flexibility index (Phi) is 2.20. The lowest BCUT2D eigenvalue weighted by Gasteiger charge is -1.87. The van der Waals surface area contributed by atoms with Gasteiger partial charge in [0.1, 0.15) is 10.1 Å². The van der Waals surface area contributed by atoms with Gasteiger partial charge >= 0.3 is 0 Å². The molecule has 1 aromatic heterocycles. The number of furan rings is 1. The molecule has 1 aromatic rings. The predicted octanol–water partition coefficient (Wildman–Crippen LogP) is 1.77. The number of carbonyl (C=O) groups is 1. The first kappa shape index (κ1) is 8.52. The zero-order chi connectivity index (χ0) is 9.26. The van der Waals surface area contributed by atoms with Gasteiger partial charge in [0.25, 0.3) is 5.91 Å². The van der Waals surface area contributed by atoms with Gasteiger partial charge in [0.15, 0.2) is 0 Å². The maximum atomic E-state index is 11.2. The monoisotopic (exact) mass is 211 g/mol. The van der Waals surface area contributed by atoms with Crippen LogP contribution in [-0.2, 0) is 4.79 Å². The SMILES string of the molecule is O=C1NC(=S)S/C1=C/c1ccco1. The summed E-state index contributed by atoms with van der Waals surface area (Å²) in [6.45, 7) is 0. The fraction of sp³-hybridized carbons (Fsp3) is 0. The molecule has 1 amide bonds. The molecule has 0 aromatic carbocycles. The van der Waals surface area contributed by atoms with E-state index < -0.39 is 0 Å². The molecule has 0 saturated carbocycles. The summed E-state index contributed by atoms with van der Waals surface area (Å²) in [5, 5.41) is 2.52. The highest BCUT2D eigenvalue weighted by Crippen LogP contribution is 2.25. The Labute approximate surface area is 84.2 Å². The van der Waals surface area contributed by atoms with Crippen LogP contribution >= 0.6 is 24.0 Å². The van der Waals surface area contributed by atoms with Crippen LogP contribution in [0.1, 0.15) is 5.76 Å². The zero-order valence-corrected chi connectivity index (χ0v) is 8.08. The molecule has 2 heterocycles. The van der Waals surface area contributed by atoms with Gasteiger partial charge in [-0.25, -0.2) is 0 Å². The maximum absolute atomic E-state index is 11.2. The second-order valence-corrected chi connectivity index (χ2v) is 4.09. The van der Waals surface area contributed by atoms with Crippen LogP contribution < -0.4 is 5.32 Å². The molecule has 1 aliphatic rings. The number of hydrogen-bond acceptors (Lipinski definition) is 4. The van der Waals surface area contributed by atoms with Crippen molar-refractivity contribution in [3.8, 4) is 0 Å². The summed E-state index contributed by atoms with van der Waals surface area (Å²) in [6, 6.07) is 3.55. The normalized spacial score (nSPS) is 19.5. The lowest BCUT2D eigenvalue weighted by atomic mass is 10.4. The number of hydrogen-bond donors (Lipinski definition) is 1. The fourth-order valence-corrected chi connectivity index (χ4v) is 1.95. The smallest absolute Gasteiger partial charge is 0.263 e. The van der Waals surface area contributed by atoms with Crippen LogP contribution in [0.25, 0.3) is 6.08 Å². The zero-order valence-electron chi connectivity index (χ0n) is 6.44. The van der Waals surface area contributed by atoms with Crippen molar-refractivity contribution < 1.29 is 9.21 Å². The van der Waals surface area contributed by atoms with Crippen molar-refractivity contribution in [3.05, 3.63) is 29.1 Å². The van der Waals surface area contributed by atoms with Crippen LogP contribution in [0.4, 0.5) is 0 Å². The average molecular weight is 211 g/mol. The Balaban J connectivity index is 2.27. The van der Waals surface area contributed by atoms with Crippen molar-refractivity contribution in [3.63, 3.8) is 0 Å². The van der Waals surface area contributed by atoms with E-state index in [0.29, 0.717) is 15.0 Å². The van der Waals surface area contributed by atoms with Gasteiger partial charge < -0.3 is 9.73 Å². The molecule has 1 saturated heterocycles. The van der Waals surface area contributed by atoms with Gasteiger partial charge in [-0.15, -0.1) is 0 Å². The van der Waals surface area contributed by atoms with E-state index in [2.05, 4.69) is 5.32 Å². The average Bonchev–Trinajstić information content (AvgIpc) is 2.63. The van der Waals surface area contributed by atoms with Crippen LogP contribution in [-0.4, -0.2) is 10.2 Å². The third-order valence-electron chi connectivity index (χ3n) is 1.46. The summed E-state index contributed by atoms with van der Waals surface area (Å²) in [4.78, 5) is 11.8. The summed E-state index contributed by atoms with van der Waals surface area (Å²) in [5.74, 6) is 0.494. The van der Waals surface area contributed by atoms with E-state index in [1.165, 1.54) is 11.8 Å². The first-order chi connectivity index (χ1) is 6.25. The molecule has 5 heteroatoms. The molecule has 1 fully saturated rings. The first-order valence-corrected chi connectivity index (χ1v) is 4.76. The number of nitrogens with one attached hydrogen (secondary N) is 1. The van der Waals surface area contributed by atoms with Gasteiger partial charge in [-0.2, -0.15) is 0 Å². The lowest BCUT2D eigenvalue weighted by Crippen LogP contribution is -2.17. The van der Waals surface area contributed by atoms with Crippen LogP contribution in [0, 0.1) is 0 Å². The number of amides is 1. The highest BCUT2D eigenvalue weighted by atomic mass is 32.2. The minimum absolute atomic E-state index is 0.161. The van der Waals surface area contributed by atoms with Crippen LogP contribution in [0.15, 0.2) is 27.7 Å². The maximum Gasteiger partial charge on any atom is 0.263 e. The van der Waals surface area contributed by atoms with Crippen molar-refractivity contribution >= 4 is 40.3 Å². The molecule has 0 radical (unpaired) electrons. The summed E-state index contributed by atoms with van der Waals surface area (Å²) < 4.78 is 5.55. The summed E-state index contributed by atoms with van der Waals surface area (Å²) in [5.41, 5.74) is 0. The lowest BCUT2D eigenvalue weighted by molar-refractivity contribution is -0.115. The van der Waals surface area contributed by atoms with E-state index in [1.54, 1.807) is 24.5 Å². The van der Waals surface area contributed by atoms with Gasteiger partial charge in [-0.1, -0.05) is 24.0 Å². The van der Waals surface area contributed by atoms with E-state index >= 15 is 0 Å². The molecular weight excluding hydrogens is 206 g/mol. The van der Waals surface area contributed by atoms with Gasteiger partial charge in [-0.3, -0.25) is 4.79 Å². The molecule has 0 unspecified atom stereocenters. The van der Waals surface area contributed by atoms with Crippen molar-refractivity contribution in [1.29, 1.82) is 0 Å². The summed E-state index contributed by atoms with van der Waals surface area (Å²) >= 11 is 6.07. The standard InChI is InChI=1S/C8H5NO2S2/c10-7-6(13-8(12)9-7)4-5-2-1-3-11-5/h1-4H,(H,9,10,12)/b6-4+. The van der Waals surface area contributed by atoms with Crippen molar-refractivity contribution in [1.82, 2.24) is 5.32 Å². The highest BCUT2D eigenvalue weighted by molar-refractivity contribution is 8.26. The topological polar surface area (TPSA) is 42.2 Å². The van der Waals surface area contributed by atoms with E-state index in [9.17, 15) is 4.79 Å². The van der Waals surface area contributed by atoms with Crippen molar-refractivity contribution in [2.45, 2.75) is 0 Å². The molecule has 1 aliphatic heterocycles. The van der Waals surface area contributed by atoms with Crippen LogP contribution in [0.5, 0.6) is 0 Å². The van der Waals surface area contributed by atoms with Gasteiger partial charge in [-0.05, 0) is 12.1 Å². The second-order valence-electron chi connectivity index (χ2n) is 2.37. The molecule has 0 spiro atoms. The van der Waals surface area contributed by atoms with Crippen LogP contribution in [0.3, 0.4) is 0 Å². The molecule has 2 rings (SSSR count). The van der Waals surface area contributed by atoms with Crippen molar-refractivity contribution in [2.75, 3.05) is 0 Å². The Morgan fingerprint density at radius 3 is 3.00 bits per heavy atom. The largest absolute Gasteiger partial charge is 0.465 e. The minimum Gasteiger partial charge on any atom is -0.465 e. The number of thiocarbonyl (C=S) groups is 1. The number of rotatable bonds is 1. The molecule has 0 aliphatic carbocycles. The van der Waals surface area contributed by atoms with E-state index in [1.807, 2.05) is 0 Å². The van der Waals surface area contributed by atoms with Gasteiger partial charge in [0.05, 0.1) is 11.2 Å². The minimum atomic E-state index is -0.161. The molecule has 1 N–H and O–H groups in total. The Hall–Kier alpha value is -1.07. The van der Waals surface area contributed by atoms with E-state index in [-0.39, 0.29) is 5.91 Å². The number of thioether (sulfide) groups is 1. The predicted molar refractivity (Wildman–Crippen MR) is 55.0 cm³/mol. The molecule has 0 atom stereocenters. The van der Waals surface area contributed by atoms with Crippen LogP contribution in [0.2, 0.25) is 0 Å². The molecule has 3 nitrogen and oxygen atoms in total.